The highest BCUT2D eigenvalue weighted by atomic mass is 35.5. The number of hydrogen-bond acceptors (Lipinski definition) is 6. The first-order valence-electron chi connectivity index (χ1n) is 7.49. The minimum absolute atomic E-state index is 0.131. The number of nitrogens with one attached hydrogen (secondary N) is 1. The zero-order chi connectivity index (χ0) is 18.8. The Hall–Kier alpha value is -2.26. The van der Waals surface area contributed by atoms with E-state index in [4.69, 9.17) is 25.2 Å². The van der Waals surface area contributed by atoms with Crippen LogP contribution in [0.2, 0.25) is 5.02 Å². The van der Waals surface area contributed by atoms with Crippen LogP contribution in [0.3, 0.4) is 0 Å². The molecule has 26 heavy (non-hydrogen) atoms. The molecular weight excluding hydrogens is 382 g/mol. The summed E-state index contributed by atoms with van der Waals surface area (Å²) in [6, 6.07) is 8.90. The monoisotopic (exact) mass is 397 g/mol. The third kappa shape index (κ3) is 3.49. The van der Waals surface area contributed by atoms with Gasteiger partial charge in [-0.15, -0.1) is 0 Å². The van der Waals surface area contributed by atoms with Crippen LogP contribution in [0.1, 0.15) is 11.3 Å². The second-order valence-corrected chi connectivity index (χ2v) is 7.64. The van der Waals surface area contributed by atoms with E-state index in [-0.39, 0.29) is 21.4 Å². The minimum atomic E-state index is -4.03. The Labute approximate surface area is 155 Å². The van der Waals surface area contributed by atoms with Gasteiger partial charge in [-0.25, -0.2) is 13.1 Å². The number of ether oxygens (including phenoxy) is 1. The zero-order valence-electron chi connectivity index (χ0n) is 13.7. The molecule has 3 aromatic rings. The Morgan fingerprint density at radius 1 is 1.27 bits per heavy atom. The van der Waals surface area contributed by atoms with Crippen molar-refractivity contribution in [1.29, 1.82) is 0 Å². The Morgan fingerprint density at radius 3 is 2.69 bits per heavy atom. The standard InChI is InChI=1S/C17H16ClNO6S/c1-23-14-5-4-13(18)9-15(14)26(21,22)19-11-17(20,12-6-8-24-10-12)16-3-2-7-25-16/h2-10,19-20H,11H2,1H3/t17-/m0/s1. The fraction of sp³-hybridized carbons (Fsp3) is 0.176. The summed E-state index contributed by atoms with van der Waals surface area (Å²) in [5.41, 5.74) is -1.41. The van der Waals surface area contributed by atoms with Gasteiger partial charge in [0.25, 0.3) is 0 Å². The van der Waals surface area contributed by atoms with E-state index in [9.17, 15) is 13.5 Å². The summed E-state index contributed by atoms with van der Waals surface area (Å²) in [6.07, 6.45) is 4.07. The lowest BCUT2D eigenvalue weighted by molar-refractivity contribution is 0.0613. The predicted molar refractivity (Wildman–Crippen MR) is 93.6 cm³/mol. The summed E-state index contributed by atoms with van der Waals surface area (Å²) >= 11 is 5.91. The summed E-state index contributed by atoms with van der Waals surface area (Å²) in [5.74, 6) is 0.298. The van der Waals surface area contributed by atoms with Crippen molar-refractivity contribution in [3.05, 3.63) is 71.5 Å². The highest BCUT2D eigenvalue weighted by molar-refractivity contribution is 7.89. The lowest BCUT2D eigenvalue weighted by Gasteiger charge is -2.25. The molecule has 0 unspecified atom stereocenters. The molecule has 2 aromatic heterocycles. The van der Waals surface area contributed by atoms with Gasteiger partial charge < -0.3 is 18.7 Å². The van der Waals surface area contributed by atoms with Crippen molar-refractivity contribution in [3.63, 3.8) is 0 Å². The van der Waals surface area contributed by atoms with E-state index in [2.05, 4.69) is 4.72 Å². The Kier molecular flexibility index (Phi) is 5.10. The zero-order valence-corrected chi connectivity index (χ0v) is 15.3. The molecule has 0 aliphatic carbocycles. The molecule has 1 aromatic carbocycles. The highest BCUT2D eigenvalue weighted by Gasteiger charge is 2.37. The number of furan rings is 2. The number of sulfonamides is 1. The fourth-order valence-electron chi connectivity index (χ4n) is 2.48. The molecule has 3 rings (SSSR count). The Morgan fingerprint density at radius 2 is 2.08 bits per heavy atom. The van der Waals surface area contributed by atoms with Crippen LogP contribution in [0.25, 0.3) is 0 Å². The van der Waals surface area contributed by atoms with Gasteiger partial charge in [0.05, 0.1) is 32.4 Å². The van der Waals surface area contributed by atoms with Crippen LogP contribution < -0.4 is 9.46 Å². The molecule has 0 bridgehead atoms. The van der Waals surface area contributed by atoms with E-state index in [0.717, 1.165) is 0 Å². The van der Waals surface area contributed by atoms with Crippen LogP contribution >= 0.6 is 11.6 Å². The largest absolute Gasteiger partial charge is 0.495 e. The molecule has 2 heterocycles. The van der Waals surface area contributed by atoms with Crippen molar-refractivity contribution >= 4 is 21.6 Å². The molecule has 1 atom stereocenters. The number of hydrogen-bond donors (Lipinski definition) is 2. The van der Waals surface area contributed by atoms with Crippen LogP contribution in [-0.4, -0.2) is 27.2 Å². The third-order valence-electron chi connectivity index (χ3n) is 3.86. The van der Waals surface area contributed by atoms with E-state index < -0.39 is 22.2 Å². The van der Waals surface area contributed by atoms with E-state index in [1.165, 1.54) is 50.2 Å². The van der Waals surface area contributed by atoms with Gasteiger partial charge in [0.2, 0.25) is 10.0 Å². The molecule has 0 aliphatic heterocycles. The van der Waals surface area contributed by atoms with Crippen molar-refractivity contribution in [3.8, 4) is 5.75 Å². The minimum Gasteiger partial charge on any atom is -0.495 e. The molecule has 0 fully saturated rings. The first kappa shape index (κ1) is 18.5. The van der Waals surface area contributed by atoms with Crippen LogP contribution in [0.15, 0.2) is 68.9 Å². The van der Waals surface area contributed by atoms with Gasteiger partial charge in [0.1, 0.15) is 16.4 Å². The summed E-state index contributed by atoms with van der Waals surface area (Å²) in [6.45, 7) is -0.391. The summed E-state index contributed by atoms with van der Waals surface area (Å²) in [7, 11) is -2.68. The topological polar surface area (TPSA) is 102 Å². The molecule has 2 N–H and O–H groups in total. The van der Waals surface area contributed by atoms with Crippen molar-refractivity contribution in [1.82, 2.24) is 4.72 Å². The first-order chi connectivity index (χ1) is 12.4. The molecule has 7 nitrogen and oxygen atoms in total. The smallest absolute Gasteiger partial charge is 0.244 e. The van der Waals surface area contributed by atoms with Crippen molar-refractivity contribution < 1.29 is 27.1 Å². The second-order valence-electron chi connectivity index (χ2n) is 5.47. The average molecular weight is 398 g/mol. The quantitative estimate of drug-likeness (QED) is 0.635. The maximum absolute atomic E-state index is 12.7. The van der Waals surface area contributed by atoms with Crippen molar-refractivity contribution in [2.45, 2.75) is 10.5 Å². The van der Waals surface area contributed by atoms with E-state index in [1.807, 2.05) is 0 Å². The predicted octanol–water partition coefficient (Wildman–Crippen LogP) is 2.75. The van der Waals surface area contributed by atoms with Gasteiger partial charge in [-0.1, -0.05) is 11.6 Å². The summed E-state index contributed by atoms with van der Waals surface area (Å²) < 4.78 is 43.2. The molecule has 0 saturated heterocycles. The molecule has 0 spiro atoms. The lowest BCUT2D eigenvalue weighted by Crippen LogP contribution is -2.41. The normalized spacial score (nSPS) is 14.1. The van der Waals surface area contributed by atoms with Crippen molar-refractivity contribution in [2.75, 3.05) is 13.7 Å². The van der Waals surface area contributed by atoms with Crippen LogP contribution in [-0.2, 0) is 15.6 Å². The van der Waals surface area contributed by atoms with Gasteiger partial charge in [-0.3, -0.25) is 0 Å². The molecule has 9 heteroatoms. The number of halogens is 1. The van der Waals surface area contributed by atoms with Crippen molar-refractivity contribution in [2.24, 2.45) is 0 Å². The van der Waals surface area contributed by atoms with Crippen LogP contribution in [0.5, 0.6) is 5.75 Å². The molecule has 138 valence electrons. The number of benzene rings is 1. The highest BCUT2D eigenvalue weighted by Crippen LogP contribution is 2.31. The number of methoxy groups -OCH3 is 1. The number of rotatable bonds is 7. The van der Waals surface area contributed by atoms with Gasteiger partial charge in [0, 0.05) is 10.6 Å². The van der Waals surface area contributed by atoms with Gasteiger partial charge in [-0.05, 0) is 36.4 Å². The molecular formula is C17H16ClNO6S. The molecule has 0 saturated carbocycles. The van der Waals surface area contributed by atoms with E-state index >= 15 is 0 Å². The molecule has 0 aliphatic rings. The van der Waals surface area contributed by atoms with E-state index in [0.29, 0.717) is 5.56 Å². The van der Waals surface area contributed by atoms with Crippen LogP contribution in [0.4, 0.5) is 0 Å². The Bertz CT molecular complexity index is 933. The molecule has 0 radical (unpaired) electrons. The van der Waals surface area contributed by atoms with Gasteiger partial charge in [0.15, 0.2) is 5.60 Å². The molecule has 0 amide bonds. The SMILES string of the molecule is COc1ccc(Cl)cc1S(=O)(=O)NC[C@](O)(c1ccoc1)c1ccco1. The van der Waals surface area contributed by atoms with Gasteiger partial charge in [-0.2, -0.15) is 0 Å². The van der Waals surface area contributed by atoms with Crippen LogP contribution in [0, 0.1) is 0 Å². The first-order valence-corrected chi connectivity index (χ1v) is 9.35. The number of aliphatic hydroxyl groups is 1. The van der Waals surface area contributed by atoms with E-state index in [1.54, 1.807) is 12.1 Å². The van der Waals surface area contributed by atoms with Gasteiger partial charge >= 0.3 is 0 Å². The average Bonchev–Trinajstić information content (AvgIpc) is 3.33. The summed E-state index contributed by atoms with van der Waals surface area (Å²) in [5, 5.41) is 11.3. The maximum Gasteiger partial charge on any atom is 0.244 e. The Balaban J connectivity index is 1.94. The lowest BCUT2D eigenvalue weighted by atomic mass is 9.94. The maximum atomic E-state index is 12.7. The fourth-order valence-corrected chi connectivity index (χ4v) is 3.97. The third-order valence-corrected chi connectivity index (χ3v) is 5.52. The summed E-state index contributed by atoms with van der Waals surface area (Å²) in [4.78, 5) is -0.138. The second kappa shape index (κ2) is 7.16.